The van der Waals surface area contributed by atoms with E-state index in [0.717, 1.165) is 0 Å². The Kier molecular flexibility index (Phi) is 8.98. The molecule has 0 aromatic heterocycles. The van der Waals surface area contributed by atoms with E-state index < -0.39 is 55.7 Å². The van der Waals surface area contributed by atoms with E-state index in [0.29, 0.717) is 0 Å². The number of carbonyl (C=O) groups is 3. The summed E-state index contributed by atoms with van der Waals surface area (Å²) in [6.45, 7) is 7.68. The Labute approximate surface area is 153 Å². The normalized spacial score (nSPS) is 11.6. The van der Waals surface area contributed by atoms with Crippen LogP contribution in [0.2, 0.25) is 0 Å². The monoisotopic (exact) mass is 399 g/mol. The van der Waals surface area contributed by atoms with Crippen molar-refractivity contribution in [2.24, 2.45) is 0 Å². The zero-order chi connectivity index (χ0) is 21.4. The Morgan fingerprint density at radius 3 is 1.67 bits per heavy atom. The first-order valence-corrected chi connectivity index (χ1v) is 7.46. The van der Waals surface area contributed by atoms with Gasteiger partial charge in [0.25, 0.3) is 0 Å². The minimum Gasteiger partial charge on any atom is -0.460 e. The maximum Gasteiger partial charge on any atom is 0.408 e. The van der Waals surface area contributed by atoms with Crippen LogP contribution >= 0.6 is 0 Å². The quantitative estimate of drug-likeness (QED) is 0.263. The molecule has 0 aromatic rings. The number of hydrogen-bond acceptors (Lipinski definition) is 6. The van der Waals surface area contributed by atoms with E-state index in [1.807, 2.05) is 5.32 Å². The highest BCUT2D eigenvalue weighted by molar-refractivity contribution is 5.87. The van der Waals surface area contributed by atoms with Gasteiger partial charge in [-0.1, -0.05) is 13.2 Å². The Bertz CT molecular complexity index is 576. The highest BCUT2D eigenvalue weighted by atomic mass is 19.3. The summed E-state index contributed by atoms with van der Waals surface area (Å²) in [6, 6.07) is 0. The topological polar surface area (TPSA) is 90.9 Å². The maximum absolute atomic E-state index is 12.8. The average Bonchev–Trinajstić information content (AvgIpc) is 2.55. The van der Waals surface area contributed by atoms with Gasteiger partial charge in [0.15, 0.2) is 6.61 Å². The molecule has 0 bridgehead atoms. The van der Waals surface area contributed by atoms with Gasteiger partial charge in [0.1, 0.15) is 18.8 Å². The van der Waals surface area contributed by atoms with E-state index in [1.165, 1.54) is 20.8 Å². The van der Waals surface area contributed by atoms with Crippen LogP contribution in [0.5, 0.6) is 0 Å². The number of amides is 1. The number of rotatable bonds is 10. The average molecular weight is 399 g/mol. The molecule has 0 aliphatic heterocycles. The van der Waals surface area contributed by atoms with Crippen LogP contribution in [0.15, 0.2) is 24.3 Å². The van der Waals surface area contributed by atoms with Crippen LogP contribution in [-0.4, -0.2) is 55.7 Å². The van der Waals surface area contributed by atoms with Gasteiger partial charge in [-0.2, -0.15) is 8.78 Å². The number of halogens is 4. The van der Waals surface area contributed by atoms with Gasteiger partial charge in [-0.25, -0.2) is 23.2 Å². The number of nitrogens with one attached hydrogen (secondary N) is 1. The fraction of sp³-hybridized carbons (Fsp3) is 0.562. The Hall–Kier alpha value is -2.59. The van der Waals surface area contributed by atoms with E-state index in [9.17, 15) is 31.9 Å². The van der Waals surface area contributed by atoms with Crippen molar-refractivity contribution in [2.45, 2.75) is 38.7 Å². The molecule has 0 unspecified atom stereocenters. The lowest BCUT2D eigenvalue weighted by Gasteiger charge is -2.29. The summed E-state index contributed by atoms with van der Waals surface area (Å²) >= 11 is 0. The summed E-state index contributed by atoms with van der Waals surface area (Å²) in [5.41, 5.74) is -1.53. The first-order chi connectivity index (χ1) is 12.2. The lowest BCUT2D eigenvalue weighted by atomic mass is 10.1. The largest absolute Gasteiger partial charge is 0.460 e. The predicted molar refractivity (Wildman–Crippen MR) is 85.4 cm³/mol. The second-order valence-corrected chi connectivity index (χ2v) is 6.04. The predicted octanol–water partition coefficient (Wildman–Crippen LogP) is 2.61. The molecule has 0 heterocycles. The Morgan fingerprint density at radius 1 is 0.926 bits per heavy atom. The van der Waals surface area contributed by atoms with Crippen molar-refractivity contribution in [3.63, 3.8) is 0 Å². The molecule has 1 N–H and O–H groups in total. The maximum atomic E-state index is 12.8. The van der Waals surface area contributed by atoms with E-state index in [1.54, 1.807) is 0 Å². The molecule has 0 aliphatic rings. The van der Waals surface area contributed by atoms with E-state index in [2.05, 4.69) is 17.9 Å². The van der Waals surface area contributed by atoms with Gasteiger partial charge < -0.3 is 19.5 Å². The molecule has 27 heavy (non-hydrogen) atoms. The van der Waals surface area contributed by atoms with E-state index in [-0.39, 0.29) is 11.1 Å². The molecule has 0 fully saturated rings. The lowest BCUT2D eigenvalue weighted by Crippen LogP contribution is -2.54. The number of hydrogen-bond donors (Lipinski definition) is 1. The van der Waals surface area contributed by atoms with Crippen molar-refractivity contribution in [2.75, 3.05) is 19.8 Å². The van der Waals surface area contributed by atoms with Crippen LogP contribution in [0.25, 0.3) is 0 Å². The zero-order valence-electron chi connectivity index (χ0n) is 15.1. The molecular formula is C16H21F4NO6. The van der Waals surface area contributed by atoms with Gasteiger partial charge in [-0.15, -0.1) is 0 Å². The van der Waals surface area contributed by atoms with E-state index >= 15 is 0 Å². The molecule has 7 nitrogen and oxygen atoms in total. The third-order valence-electron chi connectivity index (χ3n) is 2.86. The molecule has 0 aromatic carbocycles. The number of alkyl halides is 4. The zero-order valence-corrected chi connectivity index (χ0v) is 15.1. The number of alkyl carbamates (subject to hydrolysis) is 1. The van der Waals surface area contributed by atoms with Crippen LogP contribution in [0.3, 0.4) is 0 Å². The number of ether oxygens (including phenoxy) is 3. The lowest BCUT2D eigenvalue weighted by molar-refractivity contribution is -0.155. The van der Waals surface area contributed by atoms with E-state index in [4.69, 9.17) is 9.47 Å². The SMILES string of the molecule is C=C(C)C(=O)OCC(C)(COC(=O)C(=C)C)NC(=O)OCC(F)(F)C(F)F. The van der Waals surface area contributed by atoms with Crippen molar-refractivity contribution < 1.29 is 46.2 Å². The van der Waals surface area contributed by atoms with Gasteiger partial charge in [-0.3, -0.25) is 0 Å². The minimum absolute atomic E-state index is 0.0374. The molecule has 0 radical (unpaired) electrons. The smallest absolute Gasteiger partial charge is 0.408 e. The molecule has 0 saturated heterocycles. The fourth-order valence-corrected chi connectivity index (χ4v) is 1.32. The van der Waals surface area contributed by atoms with Crippen LogP contribution in [-0.2, 0) is 23.8 Å². The van der Waals surface area contributed by atoms with Crippen LogP contribution < -0.4 is 5.32 Å². The first kappa shape index (κ1) is 24.4. The van der Waals surface area contributed by atoms with Crippen molar-refractivity contribution in [3.05, 3.63) is 24.3 Å². The molecule has 0 rings (SSSR count). The fourth-order valence-electron chi connectivity index (χ4n) is 1.32. The number of esters is 2. The van der Waals surface area contributed by atoms with Gasteiger partial charge in [0, 0.05) is 11.1 Å². The summed E-state index contributed by atoms with van der Waals surface area (Å²) in [5.74, 6) is -6.19. The summed E-state index contributed by atoms with van der Waals surface area (Å²) in [4.78, 5) is 34.6. The Balaban J connectivity index is 5.02. The third-order valence-corrected chi connectivity index (χ3v) is 2.86. The second-order valence-electron chi connectivity index (χ2n) is 6.04. The number of carbonyl (C=O) groups excluding carboxylic acids is 3. The van der Waals surface area contributed by atoms with Crippen molar-refractivity contribution in [3.8, 4) is 0 Å². The molecule has 154 valence electrons. The van der Waals surface area contributed by atoms with Gasteiger partial charge in [-0.05, 0) is 20.8 Å². The molecular weight excluding hydrogens is 378 g/mol. The van der Waals surface area contributed by atoms with Gasteiger partial charge in [0.2, 0.25) is 0 Å². The molecule has 11 heteroatoms. The van der Waals surface area contributed by atoms with Crippen molar-refractivity contribution >= 4 is 18.0 Å². The summed E-state index contributed by atoms with van der Waals surface area (Å²) in [5, 5.41) is 2.04. The second kappa shape index (κ2) is 9.93. The first-order valence-electron chi connectivity index (χ1n) is 7.46. The molecule has 0 aliphatic carbocycles. The molecule has 1 amide bonds. The van der Waals surface area contributed by atoms with Crippen LogP contribution in [0.1, 0.15) is 20.8 Å². The minimum atomic E-state index is -4.54. The third kappa shape index (κ3) is 9.06. The Morgan fingerprint density at radius 2 is 1.33 bits per heavy atom. The molecule has 0 saturated carbocycles. The van der Waals surface area contributed by atoms with Gasteiger partial charge >= 0.3 is 30.4 Å². The standard InChI is InChI=1S/C16H21F4NO6/c1-9(2)11(22)25-6-15(5,7-26-12(23)10(3)4)21-14(24)27-8-16(19,20)13(17)18/h13H,1,3,6-8H2,2,4-5H3,(H,21,24). The summed E-state index contributed by atoms with van der Waals surface area (Å²) in [7, 11) is 0. The van der Waals surface area contributed by atoms with Crippen molar-refractivity contribution in [1.29, 1.82) is 0 Å². The molecule has 0 atom stereocenters. The van der Waals surface area contributed by atoms with Crippen LogP contribution in [0.4, 0.5) is 22.4 Å². The highest BCUT2D eigenvalue weighted by Crippen LogP contribution is 2.23. The van der Waals surface area contributed by atoms with Crippen LogP contribution in [0, 0.1) is 0 Å². The molecule has 0 spiro atoms. The van der Waals surface area contributed by atoms with Gasteiger partial charge in [0.05, 0.1) is 0 Å². The highest BCUT2D eigenvalue weighted by Gasteiger charge is 2.43. The van der Waals surface area contributed by atoms with Crippen molar-refractivity contribution in [1.82, 2.24) is 5.32 Å². The summed E-state index contributed by atoms with van der Waals surface area (Å²) < 4.78 is 63.6. The summed E-state index contributed by atoms with van der Waals surface area (Å²) in [6.07, 6.45) is -5.53.